The Labute approximate surface area is 177 Å². The summed E-state index contributed by atoms with van der Waals surface area (Å²) in [6, 6.07) is 9.28. The third kappa shape index (κ3) is 3.36. The van der Waals surface area contributed by atoms with Crippen LogP contribution in [0.25, 0.3) is 0 Å². The van der Waals surface area contributed by atoms with Gasteiger partial charge in [-0.3, -0.25) is 19.3 Å². The average molecular weight is 435 g/mol. The largest absolute Gasteiger partial charge is 0.502 e. The van der Waals surface area contributed by atoms with E-state index < -0.39 is 47.3 Å². The van der Waals surface area contributed by atoms with E-state index in [1.54, 1.807) is 42.3 Å². The summed E-state index contributed by atoms with van der Waals surface area (Å²) in [7, 11) is 0. The lowest BCUT2D eigenvalue weighted by Gasteiger charge is -2.60. The van der Waals surface area contributed by atoms with Crippen molar-refractivity contribution in [3.63, 3.8) is 0 Å². The van der Waals surface area contributed by atoms with E-state index in [0.717, 1.165) is 6.07 Å². The van der Waals surface area contributed by atoms with E-state index in [1.807, 2.05) is 6.92 Å². The summed E-state index contributed by atoms with van der Waals surface area (Å²) in [4.78, 5) is 26.8. The van der Waals surface area contributed by atoms with Gasteiger partial charge in [-0.15, -0.1) is 0 Å². The first-order valence-corrected chi connectivity index (χ1v) is 10.3. The van der Waals surface area contributed by atoms with Crippen molar-refractivity contribution in [1.82, 2.24) is 9.58 Å². The number of halogens is 3. The number of amides is 1. The first kappa shape index (κ1) is 21.3. The van der Waals surface area contributed by atoms with Gasteiger partial charge in [0.15, 0.2) is 11.4 Å². The highest BCUT2D eigenvalue weighted by atomic mass is 19.4. The van der Waals surface area contributed by atoms with Crippen LogP contribution < -0.4 is 10.4 Å². The van der Waals surface area contributed by atoms with Crippen LogP contribution in [0.3, 0.4) is 0 Å². The highest BCUT2D eigenvalue weighted by Gasteiger charge is 2.55. The molecule has 6 nitrogen and oxygen atoms in total. The zero-order valence-corrected chi connectivity index (χ0v) is 17.3. The number of fused-ring (bicyclic) bond motifs is 3. The normalized spacial score (nSPS) is 25.9. The predicted octanol–water partition coefficient (Wildman–Crippen LogP) is 3.79. The fourth-order valence-electron chi connectivity index (χ4n) is 5.16. The Bertz CT molecular complexity index is 1050. The lowest BCUT2D eigenvalue weighted by atomic mass is 9.77. The van der Waals surface area contributed by atoms with Crippen LogP contribution in [0.2, 0.25) is 0 Å². The number of alkyl halides is 3. The van der Waals surface area contributed by atoms with E-state index in [4.69, 9.17) is 0 Å². The van der Waals surface area contributed by atoms with Crippen LogP contribution in [0.4, 0.5) is 13.2 Å². The second-order valence-corrected chi connectivity index (χ2v) is 8.31. The smallest absolute Gasteiger partial charge is 0.389 e. The fourth-order valence-corrected chi connectivity index (χ4v) is 5.16. The van der Waals surface area contributed by atoms with E-state index in [0.29, 0.717) is 12.0 Å². The van der Waals surface area contributed by atoms with Crippen LogP contribution in [0.15, 0.2) is 47.4 Å². The Kier molecular flexibility index (Phi) is 5.02. The Hall–Kier alpha value is -2.97. The van der Waals surface area contributed by atoms with Crippen molar-refractivity contribution in [2.75, 3.05) is 11.6 Å². The maximum absolute atomic E-state index is 13.5. The summed E-state index contributed by atoms with van der Waals surface area (Å²) in [5, 5.41) is 12.2. The lowest BCUT2D eigenvalue weighted by molar-refractivity contribution is -0.151. The number of carbonyl (C=O) groups excluding carboxylic acids is 1. The third-order valence-electron chi connectivity index (χ3n) is 6.46. The standard InChI is InChI=1S/C22H24F3N3O3/c1-3-26-20(31)18-19(30)16(29)10-12-27(18)28-17(14-7-5-4-6-8-14)15(13-22(23,24)25)9-11-21(26,28)2/h4-8,10,12,15,17,30H,3,9,11,13H2,1-2H3. The Morgan fingerprint density at radius 2 is 1.84 bits per heavy atom. The first-order valence-electron chi connectivity index (χ1n) is 10.3. The minimum atomic E-state index is -4.35. The van der Waals surface area contributed by atoms with Crippen molar-refractivity contribution >= 4 is 5.91 Å². The summed E-state index contributed by atoms with van der Waals surface area (Å²) in [5.74, 6) is -1.98. The molecule has 1 fully saturated rings. The molecule has 0 aliphatic carbocycles. The van der Waals surface area contributed by atoms with Crippen molar-refractivity contribution in [2.45, 2.75) is 51.0 Å². The second-order valence-electron chi connectivity index (χ2n) is 8.31. The number of aromatic hydroxyl groups is 1. The van der Waals surface area contributed by atoms with Crippen LogP contribution in [-0.4, -0.2) is 39.0 Å². The van der Waals surface area contributed by atoms with Crippen LogP contribution in [0.1, 0.15) is 55.2 Å². The molecule has 2 aliphatic heterocycles. The minimum Gasteiger partial charge on any atom is -0.502 e. The van der Waals surface area contributed by atoms with Crippen LogP contribution in [0.5, 0.6) is 5.75 Å². The van der Waals surface area contributed by atoms with Crippen molar-refractivity contribution in [2.24, 2.45) is 5.92 Å². The van der Waals surface area contributed by atoms with Gasteiger partial charge in [0.25, 0.3) is 5.91 Å². The highest BCUT2D eigenvalue weighted by molar-refractivity contribution is 5.97. The van der Waals surface area contributed by atoms with E-state index in [2.05, 4.69) is 0 Å². The molecule has 2 aliphatic rings. The number of nitrogens with zero attached hydrogens (tertiary/aromatic N) is 3. The summed E-state index contributed by atoms with van der Waals surface area (Å²) < 4.78 is 41.9. The molecule has 1 aromatic carbocycles. The molecule has 2 aromatic rings. The van der Waals surface area contributed by atoms with E-state index >= 15 is 0 Å². The molecule has 3 atom stereocenters. The summed E-state index contributed by atoms with van der Waals surface area (Å²) in [5.41, 5.74) is -1.18. The predicted molar refractivity (Wildman–Crippen MR) is 108 cm³/mol. The van der Waals surface area contributed by atoms with E-state index in [-0.39, 0.29) is 18.7 Å². The minimum absolute atomic E-state index is 0.222. The molecule has 0 bridgehead atoms. The van der Waals surface area contributed by atoms with Gasteiger partial charge in [0.1, 0.15) is 5.66 Å². The van der Waals surface area contributed by atoms with Crippen molar-refractivity contribution < 1.29 is 23.1 Å². The van der Waals surface area contributed by atoms with Crippen molar-refractivity contribution in [3.8, 4) is 5.75 Å². The molecule has 166 valence electrons. The van der Waals surface area contributed by atoms with Gasteiger partial charge in [-0.25, -0.2) is 0 Å². The SMILES string of the molecule is CCN1C(=O)c2c(O)c(=O)ccn2N2C(c3ccccc3)C(CC(F)(F)F)CCC12C. The number of hydrogen-bond acceptors (Lipinski definition) is 4. The van der Waals surface area contributed by atoms with Gasteiger partial charge in [0.05, 0.1) is 6.04 Å². The third-order valence-corrected chi connectivity index (χ3v) is 6.46. The second kappa shape index (κ2) is 7.32. The number of rotatable bonds is 3. The Balaban J connectivity index is 1.98. The topological polar surface area (TPSA) is 65.8 Å². The average Bonchev–Trinajstić information content (AvgIpc) is 2.71. The number of benzene rings is 1. The summed E-state index contributed by atoms with van der Waals surface area (Å²) >= 11 is 0. The molecule has 1 amide bonds. The molecule has 31 heavy (non-hydrogen) atoms. The van der Waals surface area contributed by atoms with Gasteiger partial charge in [0, 0.05) is 25.2 Å². The van der Waals surface area contributed by atoms with Gasteiger partial charge < -0.3 is 10.0 Å². The maximum atomic E-state index is 13.5. The maximum Gasteiger partial charge on any atom is 0.389 e. The van der Waals surface area contributed by atoms with Crippen LogP contribution in [-0.2, 0) is 0 Å². The molecule has 0 radical (unpaired) electrons. The van der Waals surface area contributed by atoms with E-state index in [9.17, 15) is 27.9 Å². The molecule has 4 rings (SSSR count). The Morgan fingerprint density at radius 3 is 2.45 bits per heavy atom. The number of hydrogen-bond donors (Lipinski definition) is 1. The van der Waals surface area contributed by atoms with Crippen LogP contribution >= 0.6 is 0 Å². The van der Waals surface area contributed by atoms with Gasteiger partial charge >= 0.3 is 6.18 Å². The fraction of sp³-hybridized carbons (Fsp3) is 0.455. The molecule has 9 heteroatoms. The molecule has 0 spiro atoms. The molecular formula is C22H24F3N3O3. The monoisotopic (exact) mass is 435 g/mol. The quantitative estimate of drug-likeness (QED) is 0.797. The molecule has 1 aromatic heterocycles. The zero-order valence-electron chi connectivity index (χ0n) is 17.3. The molecule has 3 heterocycles. The van der Waals surface area contributed by atoms with Gasteiger partial charge in [0.2, 0.25) is 5.43 Å². The van der Waals surface area contributed by atoms with Gasteiger partial charge in [-0.05, 0) is 38.2 Å². The zero-order chi connectivity index (χ0) is 22.6. The van der Waals surface area contributed by atoms with Crippen molar-refractivity contribution in [1.29, 1.82) is 0 Å². The van der Waals surface area contributed by atoms with Crippen LogP contribution in [0, 0.1) is 5.92 Å². The Morgan fingerprint density at radius 1 is 1.16 bits per heavy atom. The number of piperidine rings is 1. The van der Waals surface area contributed by atoms with Gasteiger partial charge in [-0.1, -0.05) is 30.3 Å². The number of pyridine rings is 1. The molecular weight excluding hydrogens is 411 g/mol. The summed E-state index contributed by atoms with van der Waals surface area (Å²) in [6.07, 6.45) is -3.36. The molecule has 3 unspecified atom stereocenters. The van der Waals surface area contributed by atoms with Gasteiger partial charge in [-0.2, -0.15) is 13.2 Å². The highest BCUT2D eigenvalue weighted by Crippen LogP contribution is 2.49. The molecule has 1 N–H and O–H groups in total. The number of carbonyl (C=O) groups is 1. The van der Waals surface area contributed by atoms with Crippen molar-refractivity contribution in [3.05, 3.63) is 64.1 Å². The summed E-state index contributed by atoms with van der Waals surface area (Å²) in [6.45, 7) is 3.88. The molecule has 1 saturated heterocycles. The lowest BCUT2D eigenvalue weighted by Crippen LogP contribution is -2.72. The van der Waals surface area contributed by atoms with E-state index in [1.165, 1.54) is 15.8 Å². The number of aromatic nitrogens is 1. The first-order chi connectivity index (χ1) is 14.6. The molecule has 0 saturated carbocycles.